The molecule has 0 unspecified atom stereocenters. The Kier molecular flexibility index (Phi) is 25.7. The molecule has 17 atom stereocenters. The fourth-order valence-corrected chi connectivity index (χ4v) is 19.6. The van der Waals surface area contributed by atoms with E-state index in [1.54, 1.807) is 0 Å². The summed E-state index contributed by atoms with van der Waals surface area (Å²) in [6.07, 6.45) is -17.7. The number of aliphatic hydroxyl groups is 7. The third kappa shape index (κ3) is 18.3. The molecule has 0 aliphatic carbocycles. The van der Waals surface area contributed by atoms with Crippen LogP contribution in [0.2, 0.25) is 0 Å². The standard InChI is InChI=1S/3C30H26O12.C15H14O6/c2*31-13-7-20(37)24-23(8-13)41-29(12-2-4-16(33)19(36)6-12)27(40)26(24)25-21(38)10-17(34)14-9-22(39)28(42-30(14)25)11-1-3-15(32)18(35)5-11;31-13-7-19(36)24-23(8-13)42-30(12-2-4-16(33)18(35)6-12)28(40)26(24)25-20(37)10-22-14(27(25)39)9-21(38)29(41-22)11-1-3-15(32)17(34)5-11;16-8-4-11(18)9-6-13(20)15(21-14(9)5-8)7-1-2-10(17)12(19)3-7/h2*1-8,10,22,26-29,31-40H,9H2;1-8,10,21,26,28-40H,9H2;1-5,13,15-20H,6H2/t22-,26+,27+,28+,29+;22-,26-,27-,28-,29-;21-,26-,28-,29+,30+;13-,15+/m0100/s1. The fourth-order valence-electron chi connectivity index (χ4n) is 19.6. The largest absolute Gasteiger partial charge is 0.508 e. The van der Waals surface area contributed by atoms with E-state index in [2.05, 4.69) is 0 Å². The number of hydrogen-bond acceptors (Lipinski definition) is 42. The van der Waals surface area contributed by atoms with E-state index >= 15 is 0 Å². The number of benzene rings is 14. The van der Waals surface area contributed by atoms with Crippen LogP contribution in [-0.4, -0.2) is 221 Å². The van der Waals surface area contributed by atoms with Crippen molar-refractivity contribution < 1.29 is 212 Å². The summed E-state index contributed by atoms with van der Waals surface area (Å²) in [6, 6.07) is 39.2. The second kappa shape index (κ2) is 38.2. The molecule has 14 aromatic rings. The monoisotopic (exact) mass is 2020 g/mol. The Bertz CT molecular complexity index is 7300. The second-order valence-corrected chi connectivity index (χ2v) is 36.0. The Hall–Kier alpha value is -18.2. The molecule has 147 heavy (non-hydrogen) atoms. The molecule has 0 radical (unpaired) electrons. The Labute approximate surface area is 826 Å². The lowest BCUT2D eigenvalue weighted by Crippen LogP contribution is -2.36. The molecule has 42 heteroatoms. The Balaban J connectivity index is 0.000000132. The van der Waals surface area contributed by atoms with Crippen LogP contribution in [-0.2, 0) is 25.7 Å². The molecule has 0 saturated carbocycles. The van der Waals surface area contributed by atoms with E-state index in [1.165, 1.54) is 158 Å². The first kappa shape index (κ1) is 99.0. The van der Waals surface area contributed by atoms with E-state index < -0.39 is 218 Å². The van der Waals surface area contributed by atoms with Gasteiger partial charge in [0.2, 0.25) is 0 Å². The van der Waals surface area contributed by atoms with Gasteiger partial charge in [0, 0.05) is 148 Å². The van der Waals surface area contributed by atoms with Crippen LogP contribution in [0.4, 0.5) is 0 Å². The minimum absolute atomic E-state index is 0.00771. The molecule has 7 aliphatic heterocycles. The van der Waals surface area contributed by atoms with Gasteiger partial charge in [0.25, 0.3) is 0 Å². The Morgan fingerprint density at radius 3 is 0.660 bits per heavy atom. The lowest BCUT2D eigenvalue weighted by atomic mass is 9.77. The molecule has 42 nitrogen and oxygen atoms in total. The lowest BCUT2D eigenvalue weighted by molar-refractivity contribution is 0.00113. The van der Waals surface area contributed by atoms with Gasteiger partial charge in [0.15, 0.2) is 98.8 Å². The van der Waals surface area contributed by atoms with Crippen molar-refractivity contribution in [1.29, 1.82) is 0 Å². The van der Waals surface area contributed by atoms with Crippen molar-refractivity contribution in [1.82, 2.24) is 0 Å². The minimum Gasteiger partial charge on any atom is -0.508 e. The van der Waals surface area contributed by atoms with Gasteiger partial charge < -0.3 is 212 Å². The summed E-state index contributed by atoms with van der Waals surface area (Å²) in [7, 11) is 0. The average molecular weight is 2030 g/mol. The zero-order valence-electron chi connectivity index (χ0n) is 75.6. The molecule has 0 fully saturated rings. The highest BCUT2D eigenvalue weighted by molar-refractivity contribution is 5.71. The van der Waals surface area contributed by atoms with Crippen molar-refractivity contribution in [3.05, 3.63) is 289 Å². The molecule has 764 valence electrons. The molecule has 7 aliphatic rings. The Morgan fingerprint density at radius 1 is 0.163 bits per heavy atom. The van der Waals surface area contributed by atoms with Gasteiger partial charge in [-0.1, -0.05) is 42.5 Å². The van der Waals surface area contributed by atoms with E-state index in [1.807, 2.05) is 0 Å². The van der Waals surface area contributed by atoms with Crippen LogP contribution in [0.3, 0.4) is 0 Å². The summed E-state index contributed by atoms with van der Waals surface area (Å²) in [6.45, 7) is 0. The number of phenols is 28. The first-order valence-electron chi connectivity index (χ1n) is 44.8. The van der Waals surface area contributed by atoms with Gasteiger partial charge >= 0.3 is 0 Å². The highest BCUT2D eigenvalue weighted by atomic mass is 16.5. The van der Waals surface area contributed by atoms with Gasteiger partial charge in [-0.3, -0.25) is 0 Å². The summed E-state index contributed by atoms with van der Waals surface area (Å²) in [5, 5.41) is 364. The van der Waals surface area contributed by atoms with Crippen molar-refractivity contribution in [3.63, 3.8) is 0 Å². The molecular weight excluding hydrogens is 1930 g/mol. The summed E-state index contributed by atoms with van der Waals surface area (Å²) in [5.74, 6) is -15.8. The molecule has 0 saturated heterocycles. The highest BCUT2D eigenvalue weighted by Gasteiger charge is 2.52. The van der Waals surface area contributed by atoms with E-state index in [-0.39, 0.29) is 190 Å². The van der Waals surface area contributed by atoms with Crippen LogP contribution < -0.4 is 33.2 Å². The lowest BCUT2D eigenvalue weighted by Gasteiger charge is -2.40. The normalized spacial score (nSPS) is 22.5. The molecule has 0 aromatic heterocycles. The SMILES string of the molecule is Oc1cc(O)c2c(c1)O[C@H](c1ccc(O)c(O)c1)[C@@H](O)C2.Oc1cc(O)c2c(c1)O[C@H](c1ccc(O)c(O)c1)[C@@H](O)[C@@H]2c1c(O)cc2c(c1O)C[C@H](O)[C@@H](c1ccc(O)c(O)c1)O2.Oc1cc(O)c2c(c1)O[C@H](c1ccc(O)c(O)c1)[C@H](O)[C@H]2c1c(O)cc(O)c2c1O[C@H](c1ccc(O)c(O)c1)[C@@H](O)C2.Oc1cc(O)c2c(c1)O[C@H](c1ccc(O)c(O)c1)[C@H](O)[C@H]2c1c(O)cc(O)c2c1O[C@H](c1ccc(O)c(O)c1)[C@H](O)C2. The van der Waals surface area contributed by atoms with E-state index in [0.29, 0.717) is 16.7 Å². The van der Waals surface area contributed by atoms with E-state index in [0.717, 1.165) is 36.4 Å². The maximum absolute atomic E-state index is 11.8. The topological polar surface area (TPSA) is 773 Å². The molecule has 0 amide bonds. The Morgan fingerprint density at radius 2 is 0.374 bits per heavy atom. The predicted molar refractivity (Wildman–Crippen MR) is 503 cm³/mol. The summed E-state index contributed by atoms with van der Waals surface area (Å²) in [5.41, 5.74) is 2.10. The number of fused-ring (bicyclic) bond motifs is 7. The quantitative estimate of drug-likeness (QED) is 0.0566. The van der Waals surface area contributed by atoms with Crippen molar-refractivity contribution in [2.75, 3.05) is 0 Å². The number of rotatable bonds is 10. The first-order valence-corrected chi connectivity index (χ1v) is 44.8. The van der Waals surface area contributed by atoms with Crippen LogP contribution in [0.5, 0.6) is 201 Å². The smallest absolute Gasteiger partial charge is 0.157 e. The van der Waals surface area contributed by atoms with Crippen molar-refractivity contribution in [2.45, 2.75) is 129 Å². The maximum Gasteiger partial charge on any atom is 0.157 e. The highest BCUT2D eigenvalue weighted by Crippen LogP contribution is 2.63. The van der Waals surface area contributed by atoms with Crippen LogP contribution >= 0.6 is 0 Å². The molecule has 0 spiro atoms. The number of phenolic OH excluding ortho intramolecular Hbond substituents is 28. The number of hydrogen-bond donors (Lipinski definition) is 35. The van der Waals surface area contributed by atoms with Gasteiger partial charge in [0.1, 0.15) is 163 Å². The second-order valence-electron chi connectivity index (χ2n) is 36.0. The number of aliphatic hydroxyl groups excluding tert-OH is 7. The molecule has 14 aromatic carbocycles. The number of ether oxygens (including phenoxy) is 7. The predicted octanol–water partition coefficient (Wildman–Crippen LogP) is 10.5. The van der Waals surface area contributed by atoms with Crippen molar-refractivity contribution in [3.8, 4) is 201 Å². The zero-order chi connectivity index (χ0) is 105. The van der Waals surface area contributed by atoms with Crippen LogP contribution in [0, 0.1) is 0 Å². The van der Waals surface area contributed by atoms with Crippen molar-refractivity contribution in [2.24, 2.45) is 0 Å². The van der Waals surface area contributed by atoms with Crippen molar-refractivity contribution >= 4 is 0 Å². The molecule has 0 bridgehead atoms. The molecule has 7 heterocycles. The maximum atomic E-state index is 11.8. The molecular formula is C105H92O42. The van der Waals surface area contributed by atoms with Gasteiger partial charge in [-0.2, -0.15) is 0 Å². The third-order valence-electron chi connectivity index (χ3n) is 26.5. The van der Waals surface area contributed by atoms with Gasteiger partial charge in [-0.25, -0.2) is 0 Å². The van der Waals surface area contributed by atoms with Gasteiger partial charge in [0.05, 0.1) is 42.2 Å². The van der Waals surface area contributed by atoms with Crippen LogP contribution in [0.15, 0.2) is 194 Å². The van der Waals surface area contributed by atoms with Crippen LogP contribution in [0.1, 0.15) is 155 Å². The fraction of sp³-hybridized carbons (Fsp3) is 0.200. The summed E-state index contributed by atoms with van der Waals surface area (Å²) >= 11 is 0. The molecule has 21 rings (SSSR count). The minimum atomic E-state index is -1.60. The van der Waals surface area contributed by atoms with Crippen LogP contribution in [0.25, 0.3) is 0 Å². The van der Waals surface area contributed by atoms with E-state index in [9.17, 15) is 179 Å². The zero-order valence-corrected chi connectivity index (χ0v) is 75.6. The van der Waals surface area contributed by atoms with E-state index in [4.69, 9.17) is 33.2 Å². The summed E-state index contributed by atoms with van der Waals surface area (Å²) < 4.78 is 41.6. The first-order chi connectivity index (χ1) is 69.8. The van der Waals surface area contributed by atoms with Gasteiger partial charge in [-0.05, 0) is 124 Å². The number of aromatic hydroxyl groups is 28. The molecule has 35 N–H and O–H groups in total. The third-order valence-corrected chi connectivity index (χ3v) is 26.5. The van der Waals surface area contributed by atoms with Gasteiger partial charge in [-0.15, -0.1) is 0 Å². The summed E-state index contributed by atoms with van der Waals surface area (Å²) in [4.78, 5) is 0. The average Bonchev–Trinajstić information content (AvgIpc) is 0.718.